The maximum atomic E-state index is 12.2. The Bertz CT molecular complexity index is 1490. The number of ether oxygens (including phenoxy) is 1. The number of nitrogens with one attached hydrogen (secondary N) is 2. The van der Waals surface area contributed by atoms with E-state index in [9.17, 15) is 9.35 Å². The van der Waals surface area contributed by atoms with Crippen LogP contribution in [0.4, 0.5) is 23.0 Å². The second-order valence-corrected chi connectivity index (χ2v) is 10.1. The van der Waals surface area contributed by atoms with Crippen LogP contribution in [0.3, 0.4) is 0 Å². The fourth-order valence-electron chi connectivity index (χ4n) is 4.07. The summed E-state index contributed by atoms with van der Waals surface area (Å²) in [5, 5.41) is 12.6. The molecule has 0 saturated carbocycles. The zero-order valence-corrected chi connectivity index (χ0v) is 23.2. The molecular formula is C27H32N8O3S. The Kier molecular flexibility index (Phi) is 8.72. The fourth-order valence-corrected chi connectivity index (χ4v) is 4.67. The molecule has 0 fully saturated rings. The number of benzene rings is 2. The molecule has 12 heteroatoms. The van der Waals surface area contributed by atoms with Crippen LogP contribution >= 0.6 is 0 Å². The minimum atomic E-state index is -1.66. The van der Waals surface area contributed by atoms with Gasteiger partial charge in [-0.3, -0.25) is 9.36 Å². The number of anilines is 4. The Morgan fingerprint density at radius 2 is 1.97 bits per heavy atom. The lowest BCUT2D eigenvalue weighted by Crippen LogP contribution is -2.29. The molecule has 1 amide bonds. The van der Waals surface area contributed by atoms with Gasteiger partial charge in [-0.15, -0.1) is 5.14 Å². The van der Waals surface area contributed by atoms with Crippen molar-refractivity contribution in [1.82, 2.24) is 19.4 Å². The van der Waals surface area contributed by atoms with Gasteiger partial charge >= 0.3 is 0 Å². The maximum absolute atomic E-state index is 12.2. The molecule has 0 radical (unpaired) electrons. The van der Waals surface area contributed by atoms with Crippen molar-refractivity contribution in [3.63, 3.8) is 0 Å². The third kappa shape index (κ3) is 6.32. The monoisotopic (exact) mass is 548 g/mol. The van der Waals surface area contributed by atoms with E-state index in [0.29, 0.717) is 33.8 Å². The summed E-state index contributed by atoms with van der Waals surface area (Å²) in [6.07, 6.45) is 4.56. The van der Waals surface area contributed by atoms with Crippen LogP contribution in [-0.4, -0.2) is 71.2 Å². The van der Waals surface area contributed by atoms with Gasteiger partial charge in [-0.25, -0.2) is 4.98 Å². The van der Waals surface area contributed by atoms with Crippen LogP contribution < -0.4 is 25.4 Å². The molecule has 1 unspecified atom stereocenters. The summed E-state index contributed by atoms with van der Waals surface area (Å²) < 4.78 is 19.6. The SMILES string of the molecule is C=CC(=O)Nc1cc(Nc2nccc(-n3cc([S+](N)[O-])c4ccccc43)n2)c(OC)cc1N(C)CCN(C)C. The topological polar surface area (TPSA) is 137 Å². The number of hydrogen-bond acceptors (Lipinski definition) is 9. The van der Waals surface area contributed by atoms with Gasteiger partial charge < -0.3 is 29.7 Å². The van der Waals surface area contributed by atoms with Crippen LogP contribution in [0.2, 0.25) is 0 Å². The normalized spacial score (nSPS) is 11.9. The molecule has 0 aliphatic rings. The number of para-hydroxylation sites is 1. The minimum absolute atomic E-state index is 0.300. The summed E-state index contributed by atoms with van der Waals surface area (Å²) in [6.45, 7) is 5.11. The van der Waals surface area contributed by atoms with Gasteiger partial charge in [-0.1, -0.05) is 18.7 Å². The largest absolute Gasteiger partial charge is 0.593 e. The van der Waals surface area contributed by atoms with Crippen LogP contribution in [0.1, 0.15) is 0 Å². The number of amides is 1. The van der Waals surface area contributed by atoms with Crippen molar-refractivity contribution in [2.45, 2.75) is 4.90 Å². The predicted octanol–water partition coefficient (Wildman–Crippen LogP) is 3.28. The predicted molar refractivity (Wildman–Crippen MR) is 156 cm³/mol. The second kappa shape index (κ2) is 12.2. The van der Waals surface area contributed by atoms with E-state index >= 15 is 0 Å². The molecule has 39 heavy (non-hydrogen) atoms. The lowest BCUT2D eigenvalue weighted by Gasteiger charge is -2.26. The molecule has 4 rings (SSSR count). The second-order valence-electron chi connectivity index (χ2n) is 9.03. The highest BCUT2D eigenvalue weighted by molar-refractivity contribution is 7.89. The highest BCUT2D eigenvalue weighted by Gasteiger charge is 2.19. The van der Waals surface area contributed by atoms with Crippen molar-refractivity contribution >= 4 is 51.2 Å². The van der Waals surface area contributed by atoms with Crippen molar-refractivity contribution in [2.75, 3.05) is 56.9 Å². The molecule has 11 nitrogen and oxygen atoms in total. The van der Waals surface area contributed by atoms with Gasteiger partial charge in [0.05, 0.1) is 52.6 Å². The molecule has 1 atom stereocenters. The number of rotatable bonds is 11. The highest BCUT2D eigenvalue weighted by Crippen LogP contribution is 2.38. The molecule has 204 valence electrons. The first-order valence-corrected chi connectivity index (χ1v) is 13.3. The zero-order valence-electron chi connectivity index (χ0n) is 22.3. The molecule has 0 aliphatic heterocycles. The van der Waals surface area contributed by atoms with Crippen LogP contribution in [0, 0.1) is 0 Å². The standard InChI is InChI=1S/C27H32N8O3S/c1-6-26(36)30-19-15-20(23(38-5)16-22(19)34(4)14-13-33(2)3)31-27-29-12-11-25(32-27)35-17-24(39(28)37)18-9-7-8-10-21(18)35/h6-12,15-17H,1,13-14,28H2,2-5H3,(H,30,36)(H,29,31,32). The number of nitrogens with zero attached hydrogens (tertiary/aromatic N) is 5. The number of methoxy groups -OCH3 is 1. The van der Waals surface area contributed by atoms with Gasteiger partial charge in [0.1, 0.15) is 11.6 Å². The summed E-state index contributed by atoms with van der Waals surface area (Å²) in [6, 6.07) is 12.9. The average Bonchev–Trinajstić information content (AvgIpc) is 3.32. The molecular weight excluding hydrogens is 516 g/mol. The van der Waals surface area contributed by atoms with Crippen molar-refractivity contribution in [1.29, 1.82) is 0 Å². The highest BCUT2D eigenvalue weighted by atomic mass is 32.2. The first kappa shape index (κ1) is 27.9. The van der Waals surface area contributed by atoms with Crippen molar-refractivity contribution in [3.8, 4) is 11.6 Å². The van der Waals surface area contributed by atoms with Gasteiger partial charge in [0, 0.05) is 32.4 Å². The Morgan fingerprint density at radius 1 is 1.21 bits per heavy atom. The summed E-state index contributed by atoms with van der Waals surface area (Å²) in [4.78, 5) is 25.9. The quantitative estimate of drug-likeness (QED) is 0.190. The first-order valence-electron chi connectivity index (χ1n) is 12.1. The first-order chi connectivity index (χ1) is 18.7. The summed E-state index contributed by atoms with van der Waals surface area (Å²) in [5.74, 6) is 1.06. The Labute approximate surface area is 230 Å². The Hall–Kier alpha value is -4.10. The van der Waals surface area contributed by atoms with Gasteiger partial charge in [-0.2, -0.15) is 4.98 Å². The van der Waals surface area contributed by atoms with Crippen LogP contribution in [0.5, 0.6) is 5.75 Å². The molecule has 2 aromatic heterocycles. The molecule has 2 heterocycles. The number of nitrogens with two attached hydrogens (primary N) is 1. The van der Waals surface area contributed by atoms with E-state index in [1.165, 1.54) is 6.08 Å². The van der Waals surface area contributed by atoms with Crippen molar-refractivity contribution in [3.05, 3.63) is 67.5 Å². The number of likely N-dealkylation sites (N-methyl/N-ethyl adjacent to an activating group) is 2. The summed E-state index contributed by atoms with van der Waals surface area (Å²) in [5.41, 5.74) is 2.73. The minimum Gasteiger partial charge on any atom is -0.593 e. The number of carbonyl (C=O) groups excluding carboxylic acids is 1. The van der Waals surface area contributed by atoms with Gasteiger partial charge in [-0.05, 0) is 44.4 Å². The molecule has 0 aliphatic carbocycles. The number of fused-ring (bicyclic) bond motifs is 1. The van der Waals surface area contributed by atoms with Crippen molar-refractivity contribution < 1.29 is 14.1 Å². The van der Waals surface area contributed by atoms with E-state index in [0.717, 1.165) is 29.7 Å². The molecule has 0 saturated heterocycles. The number of hydrogen-bond donors (Lipinski definition) is 3. The fraction of sp³-hybridized carbons (Fsp3) is 0.222. The molecule has 4 aromatic rings. The zero-order chi connectivity index (χ0) is 28.1. The molecule has 0 bridgehead atoms. The summed E-state index contributed by atoms with van der Waals surface area (Å²) in [7, 11) is 7.53. The summed E-state index contributed by atoms with van der Waals surface area (Å²) >= 11 is -1.66. The van der Waals surface area contributed by atoms with E-state index in [1.54, 1.807) is 31.6 Å². The van der Waals surface area contributed by atoms with Crippen molar-refractivity contribution in [2.24, 2.45) is 5.14 Å². The third-order valence-electron chi connectivity index (χ3n) is 6.08. The number of carbonyl (C=O) groups is 1. The lowest BCUT2D eigenvalue weighted by atomic mass is 10.2. The van der Waals surface area contributed by atoms with Crippen LogP contribution in [0.25, 0.3) is 16.7 Å². The number of aromatic nitrogens is 3. The average molecular weight is 549 g/mol. The van der Waals surface area contributed by atoms with E-state index in [-0.39, 0.29) is 5.91 Å². The molecule has 4 N–H and O–H groups in total. The van der Waals surface area contributed by atoms with E-state index in [2.05, 4.69) is 32.1 Å². The third-order valence-corrected chi connectivity index (χ3v) is 6.84. The smallest absolute Gasteiger partial charge is 0.247 e. The lowest BCUT2D eigenvalue weighted by molar-refractivity contribution is -0.111. The van der Waals surface area contributed by atoms with Gasteiger partial charge in [0.2, 0.25) is 11.9 Å². The van der Waals surface area contributed by atoms with E-state index in [1.807, 2.05) is 60.9 Å². The Morgan fingerprint density at radius 3 is 2.67 bits per heavy atom. The van der Waals surface area contributed by atoms with Crippen LogP contribution in [-0.2, 0) is 16.2 Å². The maximum Gasteiger partial charge on any atom is 0.247 e. The molecule has 2 aromatic carbocycles. The van der Waals surface area contributed by atoms with E-state index < -0.39 is 11.4 Å². The van der Waals surface area contributed by atoms with Gasteiger partial charge in [0.25, 0.3) is 0 Å². The molecule has 0 spiro atoms. The van der Waals surface area contributed by atoms with Crippen LogP contribution in [0.15, 0.2) is 72.4 Å². The van der Waals surface area contributed by atoms with E-state index in [4.69, 9.17) is 9.88 Å². The Balaban J connectivity index is 1.72. The van der Waals surface area contributed by atoms with Gasteiger partial charge in [0.15, 0.2) is 4.90 Å².